The first-order chi connectivity index (χ1) is 8.10. The maximum Gasteiger partial charge on any atom is 0.161 e. The minimum Gasteiger partial charge on any atom is -0.383 e. The highest BCUT2D eigenvalue weighted by Gasteiger charge is 2.17. The van der Waals surface area contributed by atoms with Gasteiger partial charge in [-0.2, -0.15) is 5.26 Å². The largest absolute Gasteiger partial charge is 0.383 e. The van der Waals surface area contributed by atoms with Crippen LogP contribution in [0.1, 0.15) is 11.6 Å². The van der Waals surface area contributed by atoms with E-state index in [9.17, 15) is 13.2 Å². The monoisotopic (exact) mass is 244 g/mol. The second-order valence-electron chi connectivity index (χ2n) is 3.30. The highest BCUT2D eigenvalue weighted by atomic mass is 19.2. The van der Waals surface area contributed by atoms with Crippen LogP contribution < -0.4 is 5.32 Å². The molecule has 6 heteroatoms. The molecule has 0 radical (unpaired) electrons. The van der Waals surface area contributed by atoms with Crippen molar-refractivity contribution in [2.45, 2.75) is 6.04 Å². The van der Waals surface area contributed by atoms with Gasteiger partial charge < -0.3 is 4.74 Å². The molecule has 0 spiro atoms. The first-order valence-corrected chi connectivity index (χ1v) is 4.86. The van der Waals surface area contributed by atoms with Crippen LogP contribution in [0.2, 0.25) is 0 Å². The Morgan fingerprint density at radius 1 is 1.29 bits per heavy atom. The average molecular weight is 244 g/mol. The van der Waals surface area contributed by atoms with Gasteiger partial charge >= 0.3 is 0 Å². The molecule has 1 rings (SSSR count). The van der Waals surface area contributed by atoms with E-state index in [4.69, 9.17) is 10.00 Å². The summed E-state index contributed by atoms with van der Waals surface area (Å²) in [5, 5.41) is 11.5. The lowest BCUT2D eigenvalue weighted by molar-refractivity contribution is 0.197. The van der Waals surface area contributed by atoms with E-state index in [-0.39, 0.29) is 5.56 Å². The van der Waals surface area contributed by atoms with Gasteiger partial charge in [-0.25, -0.2) is 13.2 Å². The summed E-state index contributed by atoms with van der Waals surface area (Å²) in [6, 6.07) is 1.83. The number of benzene rings is 1. The molecule has 0 aliphatic rings. The van der Waals surface area contributed by atoms with Crippen LogP contribution in [0.3, 0.4) is 0 Å². The Hall–Kier alpha value is -1.58. The molecule has 1 N–H and O–H groups in total. The van der Waals surface area contributed by atoms with E-state index in [0.717, 1.165) is 0 Å². The lowest BCUT2D eigenvalue weighted by atomic mass is 10.1. The average Bonchev–Trinajstić information content (AvgIpc) is 2.30. The van der Waals surface area contributed by atoms with Crippen LogP contribution in [-0.2, 0) is 4.74 Å². The summed E-state index contributed by atoms with van der Waals surface area (Å²) in [6.45, 7) is 0.622. The van der Waals surface area contributed by atoms with Crippen molar-refractivity contribution in [3.05, 3.63) is 35.1 Å². The molecule has 17 heavy (non-hydrogen) atoms. The molecule has 0 saturated carbocycles. The summed E-state index contributed by atoms with van der Waals surface area (Å²) in [5.41, 5.74) is -0.220. The van der Waals surface area contributed by atoms with Crippen molar-refractivity contribution in [2.24, 2.45) is 0 Å². The number of halogens is 3. The second-order valence-corrected chi connectivity index (χ2v) is 3.30. The van der Waals surface area contributed by atoms with E-state index in [2.05, 4.69) is 5.32 Å². The summed E-state index contributed by atoms with van der Waals surface area (Å²) >= 11 is 0. The zero-order valence-corrected chi connectivity index (χ0v) is 9.14. The van der Waals surface area contributed by atoms with Crippen LogP contribution in [-0.4, -0.2) is 20.3 Å². The summed E-state index contributed by atoms with van der Waals surface area (Å²) in [5.74, 6) is -3.42. The Balaban J connectivity index is 2.89. The third-order valence-corrected chi connectivity index (χ3v) is 2.13. The van der Waals surface area contributed by atoms with E-state index in [1.165, 1.54) is 7.11 Å². The molecule has 0 bridgehead atoms. The van der Waals surface area contributed by atoms with Crippen LogP contribution in [0.5, 0.6) is 0 Å². The maximum atomic E-state index is 13.3. The fourth-order valence-corrected chi connectivity index (χ4v) is 1.29. The molecule has 0 aromatic heterocycles. The standard InChI is InChI=1S/C11H11F3N2O/c1-17-3-2-16-11(6-15)7-4-9(13)10(14)5-8(7)12/h4-5,11,16H,2-3H2,1H3. The van der Waals surface area contributed by atoms with Crippen molar-refractivity contribution in [1.82, 2.24) is 5.32 Å². The van der Waals surface area contributed by atoms with Gasteiger partial charge in [-0.15, -0.1) is 0 Å². The summed E-state index contributed by atoms with van der Waals surface area (Å²) in [6.07, 6.45) is 0. The highest BCUT2D eigenvalue weighted by Crippen LogP contribution is 2.19. The maximum absolute atomic E-state index is 13.3. The number of rotatable bonds is 5. The molecule has 1 unspecified atom stereocenters. The molecule has 0 fully saturated rings. The quantitative estimate of drug-likeness (QED) is 0.635. The van der Waals surface area contributed by atoms with Crippen LogP contribution in [0.4, 0.5) is 13.2 Å². The van der Waals surface area contributed by atoms with Gasteiger partial charge in [0.05, 0.1) is 12.7 Å². The molecule has 1 aromatic carbocycles. The zero-order valence-electron chi connectivity index (χ0n) is 9.14. The van der Waals surface area contributed by atoms with Crippen molar-refractivity contribution >= 4 is 0 Å². The van der Waals surface area contributed by atoms with E-state index in [1.54, 1.807) is 6.07 Å². The van der Waals surface area contributed by atoms with Crippen LogP contribution in [0, 0.1) is 28.8 Å². The molecule has 0 saturated heterocycles. The van der Waals surface area contributed by atoms with Gasteiger partial charge in [-0.3, -0.25) is 5.32 Å². The number of hydrogen-bond donors (Lipinski definition) is 1. The molecule has 0 aliphatic carbocycles. The Kier molecular flexibility index (Phi) is 4.94. The Morgan fingerprint density at radius 2 is 1.94 bits per heavy atom. The fraction of sp³-hybridized carbons (Fsp3) is 0.364. The molecule has 3 nitrogen and oxygen atoms in total. The molecular weight excluding hydrogens is 233 g/mol. The zero-order chi connectivity index (χ0) is 12.8. The topological polar surface area (TPSA) is 45.0 Å². The molecule has 1 aromatic rings. The summed E-state index contributed by atoms with van der Waals surface area (Å²) < 4.78 is 43.7. The van der Waals surface area contributed by atoms with Gasteiger partial charge in [0.2, 0.25) is 0 Å². The van der Waals surface area contributed by atoms with Gasteiger partial charge in [0.1, 0.15) is 11.9 Å². The van der Waals surface area contributed by atoms with Crippen molar-refractivity contribution < 1.29 is 17.9 Å². The Morgan fingerprint density at radius 3 is 2.53 bits per heavy atom. The lowest BCUT2D eigenvalue weighted by Crippen LogP contribution is -2.25. The van der Waals surface area contributed by atoms with Gasteiger partial charge in [0.25, 0.3) is 0 Å². The lowest BCUT2D eigenvalue weighted by Gasteiger charge is -2.12. The Labute approximate surface area is 96.8 Å². The van der Waals surface area contributed by atoms with Crippen molar-refractivity contribution in [2.75, 3.05) is 20.3 Å². The van der Waals surface area contributed by atoms with Crippen molar-refractivity contribution in [3.8, 4) is 6.07 Å². The number of nitrogens with one attached hydrogen (secondary N) is 1. The van der Waals surface area contributed by atoms with Crippen molar-refractivity contribution in [1.29, 1.82) is 5.26 Å². The first kappa shape index (κ1) is 13.5. The second kappa shape index (κ2) is 6.23. The van der Waals surface area contributed by atoms with Crippen LogP contribution in [0.15, 0.2) is 12.1 Å². The molecular formula is C11H11F3N2O. The summed E-state index contributed by atoms with van der Waals surface area (Å²) in [4.78, 5) is 0. The Bertz CT molecular complexity index is 431. The van der Waals surface area contributed by atoms with Gasteiger partial charge in [-0.1, -0.05) is 0 Å². The van der Waals surface area contributed by atoms with E-state index in [1.807, 2.05) is 0 Å². The molecule has 0 heterocycles. The third kappa shape index (κ3) is 3.44. The van der Waals surface area contributed by atoms with E-state index < -0.39 is 23.5 Å². The molecule has 1 atom stereocenters. The first-order valence-electron chi connectivity index (χ1n) is 4.86. The highest BCUT2D eigenvalue weighted by molar-refractivity contribution is 5.27. The van der Waals surface area contributed by atoms with E-state index >= 15 is 0 Å². The fourth-order valence-electron chi connectivity index (χ4n) is 1.29. The molecule has 92 valence electrons. The van der Waals surface area contributed by atoms with Crippen LogP contribution in [0.25, 0.3) is 0 Å². The number of ether oxygens (including phenoxy) is 1. The predicted molar refractivity (Wildman–Crippen MR) is 54.5 cm³/mol. The minimum absolute atomic E-state index is 0.220. The van der Waals surface area contributed by atoms with E-state index in [0.29, 0.717) is 25.3 Å². The smallest absolute Gasteiger partial charge is 0.161 e. The number of hydrogen-bond acceptors (Lipinski definition) is 3. The minimum atomic E-state index is -1.28. The third-order valence-electron chi connectivity index (χ3n) is 2.13. The number of nitriles is 1. The number of nitrogens with zero attached hydrogens (tertiary/aromatic N) is 1. The van der Waals surface area contributed by atoms with Crippen LogP contribution >= 0.6 is 0 Å². The summed E-state index contributed by atoms with van der Waals surface area (Å²) in [7, 11) is 1.47. The van der Waals surface area contributed by atoms with Crippen molar-refractivity contribution in [3.63, 3.8) is 0 Å². The predicted octanol–water partition coefficient (Wildman–Crippen LogP) is 1.90. The molecule has 0 amide bonds. The van der Waals surface area contributed by atoms with Gasteiger partial charge in [0.15, 0.2) is 11.6 Å². The van der Waals surface area contributed by atoms with Gasteiger partial charge in [0, 0.05) is 25.3 Å². The SMILES string of the molecule is COCCNC(C#N)c1cc(F)c(F)cc1F. The number of methoxy groups -OCH3 is 1. The molecule has 0 aliphatic heterocycles. The normalized spacial score (nSPS) is 12.2. The van der Waals surface area contributed by atoms with Gasteiger partial charge in [-0.05, 0) is 6.07 Å².